The maximum absolute atomic E-state index is 12.7. The molecular weight excluding hydrogens is 344 g/mol. The van der Waals surface area contributed by atoms with Crippen LogP contribution >= 0.6 is 0 Å². The van der Waals surface area contributed by atoms with Crippen LogP contribution in [0.5, 0.6) is 11.5 Å². The summed E-state index contributed by atoms with van der Waals surface area (Å²) in [4.78, 5) is 27.1. The predicted molar refractivity (Wildman–Crippen MR) is 99.4 cm³/mol. The maximum Gasteiger partial charge on any atom is 0.265 e. The summed E-state index contributed by atoms with van der Waals surface area (Å²) in [5, 5.41) is 2.84. The molecule has 2 amide bonds. The Balaban J connectivity index is 1.38. The first-order valence-electron chi connectivity index (χ1n) is 9.17. The number of ether oxygens (including phenoxy) is 2. The molecule has 6 nitrogen and oxygen atoms in total. The Labute approximate surface area is 158 Å². The number of nitrogens with zero attached hydrogens (tertiary/aromatic N) is 1. The minimum absolute atomic E-state index is 0.0583. The Morgan fingerprint density at radius 3 is 2.48 bits per heavy atom. The van der Waals surface area contributed by atoms with Gasteiger partial charge >= 0.3 is 0 Å². The molecular formula is C21H22N2O4. The Morgan fingerprint density at radius 1 is 1.07 bits per heavy atom. The van der Waals surface area contributed by atoms with Crippen LogP contribution in [0.15, 0.2) is 54.6 Å². The lowest BCUT2D eigenvalue weighted by Crippen LogP contribution is -2.53. The molecule has 0 saturated carbocycles. The van der Waals surface area contributed by atoms with Crippen molar-refractivity contribution >= 4 is 11.8 Å². The second-order valence-corrected chi connectivity index (χ2v) is 6.90. The third-order valence-electron chi connectivity index (χ3n) is 4.93. The number of hydrogen-bond donors (Lipinski definition) is 1. The van der Waals surface area contributed by atoms with E-state index in [4.69, 9.17) is 9.47 Å². The normalized spacial score (nSPS) is 24.0. The topological polar surface area (TPSA) is 67.9 Å². The molecule has 6 heteroatoms. The first-order chi connectivity index (χ1) is 13.1. The van der Waals surface area contributed by atoms with Gasteiger partial charge in [0.25, 0.3) is 5.91 Å². The second kappa shape index (κ2) is 7.31. The van der Waals surface area contributed by atoms with E-state index in [9.17, 15) is 9.59 Å². The molecule has 0 radical (unpaired) electrons. The molecule has 0 spiro atoms. The number of hydrogen-bond acceptors (Lipinski definition) is 4. The standard InChI is InChI=1S/C21H22N2O4/c1-14-19(27-18-10-6-5-9-17(18)26-14)20(24)22-16-11-12-23(21(16)25)13-15-7-3-2-4-8-15/h2-10,14,16,19H,11-13H2,1H3,(H,22,24)/t14-,16-,19+/m0/s1. The van der Waals surface area contributed by atoms with E-state index in [1.54, 1.807) is 17.9 Å². The number of benzene rings is 2. The number of carbonyl (C=O) groups excluding carboxylic acids is 2. The summed E-state index contributed by atoms with van der Waals surface area (Å²) in [6.07, 6.45) is -0.622. The summed E-state index contributed by atoms with van der Waals surface area (Å²) >= 11 is 0. The van der Waals surface area contributed by atoms with Gasteiger partial charge in [0.15, 0.2) is 11.5 Å². The fourth-order valence-electron chi connectivity index (χ4n) is 3.49. The van der Waals surface area contributed by atoms with Gasteiger partial charge in [-0.15, -0.1) is 0 Å². The van der Waals surface area contributed by atoms with Gasteiger partial charge in [0.2, 0.25) is 12.0 Å². The molecule has 140 valence electrons. The van der Waals surface area contributed by atoms with Crippen molar-refractivity contribution in [2.45, 2.75) is 38.1 Å². The van der Waals surface area contributed by atoms with Crippen molar-refractivity contribution in [1.82, 2.24) is 10.2 Å². The summed E-state index contributed by atoms with van der Waals surface area (Å²) in [6, 6.07) is 16.6. The van der Waals surface area contributed by atoms with Crippen LogP contribution < -0.4 is 14.8 Å². The molecule has 2 aromatic rings. The number of nitrogens with one attached hydrogen (secondary N) is 1. The van der Waals surface area contributed by atoms with Gasteiger partial charge in [0.1, 0.15) is 12.1 Å². The van der Waals surface area contributed by atoms with E-state index in [1.807, 2.05) is 48.5 Å². The number of para-hydroxylation sites is 2. The van der Waals surface area contributed by atoms with E-state index < -0.39 is 18.2 Å². The third kappa shape index (κ3) is 3.60. The number of carbonyl (C=O) groups is 2. The average molecular weight is 366 g/mol. The minimum Gasteiger partial charge on any atom is -0.482 e. The zero-order valence-corrected chi connectivity index (χ0v) is 15.1. The monoisotopic (exact) mass is 366 g/mol. The van der Waals surface area contributed by atoms with Crippen molar-refractivity contribution in [3.63, 3.8) is 0 Å². The van der Waals surface area contributed by atoms with Crippen molar-refractivity contribution in [3.8, 4) is 11.5 Å². The second-order valence-electron chi connectivity index (χ2n) is 6.90. The van der Waals surface area contributed by atoms with E-state index in [1.165, 1.54) is 0 Å². The molecule has 0 bridgehead atoms. The lowest BCUT2D eigenvalue weighted by atomic mass is 10.1. The van der Waals surface area contributed by atoms with Gasteiger partial charge in [0, 0.05) is 13.1 Å². The van der Waals surface area contributed by atoms with Gasteiger partial charge in [-0.2, -0.15) is 0 Å². The molecule has 1 fully saturated rings. The highest BCUT2D eigenvalue weighted by Crippen LogP contribution is 2.33. The number of fused-ring (bicyclic) bond motifs is 1. The van der Waals surface area contributed by atoms with E-state index >= 15 is 0 Å². The van der Waals surface area contributed by atoms with Crippen molar-refractivity contribution < 1.29 is 19.1 Å². The van der Waals surface area contributed by atoms with Gasteiger partial charge in [-0.3, -0.25) is 9.59 Å². The van der Waals surface area contributed by atoms with Crippen LogP contribution in [0.2, 0.25) is 0 Å². The van der Waals surface area contributed by atoms with Crippen LogP contribution in [0.1, 0.15) is 18.9 Å². The van der Waals surface area contributed by atoms with Crippen LogP contribution in [0.3, 0.4) is 0 Å². The first kappa shape index (κ1) is 17.4. The van der Waals surface area contributed by atoms with E-state index in [2.05, 4.69) is 5.32 Å². The van der Waals surface area contributed by atoms with E-state index in [0.29, 0.717) is 31.0 Å². The number of amides is 2. The van der Waals surface area contributed by atoms with Crippen molar-refractivity contribution in [2.75, 3.05) is 6.54 Å². The summed E-state index contributed by atoms with van der Waals surface area (Å²) < 4.78 is 11.6. The quantitative estimate of drug-likeness (QED) is 0.900. The van der Waals surface area contributed by atoms with Crippen molar-refractivity contribution in [1.29, 1.82) is 0 Å². The Bertz CT molecular complexity index is 839. The summed E-state index contributed by atoms with van der Waals surface area (Å²) in [7, 11) is 0. The Kier molecular flexibility index (Phi) is 4.71. The van der Waals surface area contributed by atoms with Gasteiger partial charge in [0.05, 0.1) is 0 Å². The highest BCUT2D eigenvalue weighted by Gasteiger charge is 2.38. The van der Waals surface area contributed by atoms with Crippen LogP contribution in [0, 0.1) is 0 Å². The predicted octanol–water partition coefficient (Wildman–Crippen LogP) is 2.13. The lowest BCUT2D eigenvalue weighted by molar-refractivity contribution is -0.138. The minimum atomic E-state index is -0.782. The van der Waals surface area contributed by atoms with Crippen LogP contribution in [-0.2, 0) is 16.1 Å². The molecule has 2 aliphatic heterocycles. The fraction of sp³-hybridized carbons (Fsp3) is 0.333. The molecule has 2 heterocycles. The molecule has 2 aliphatic rings. The van der Waals surface area contributed by atoms with E-state index in [0.717, 1.165) is 5.56 Å². The summed E-state index contributed by atoms with van der Waals surface area (Å²) in [5.41, 5.74) is 1.08. The van der Waals surface area contributed by atoms with Gasteiger partial charge in [-0.25, -0.2) is 0 Å². The zero-order chi connectivity index (χ0) is 18.8. The number of likely N-dealkylation sites (tertiary alicyclic amines) is 1. The van der Waals surface area contributed by atoms with Crippen LogP contribution in [-0.4, -0.2) is 41.5 Å². The third-order valence-corrected chi connectivity index (χ3v) is 4.93. The Morgan fingerprint density at radius 2 is 1.74 bits per heavy atom. The molecule has 1 N–H and O–H groups in total. The molecule has 1 saturated heterocycles. The number of rotatable bonds is 4. The van der Waals surface area contributed by atoms with Gasteiger partial charge in [-0.05, 0) is 31.0 Å². The molecule has 0 aliphatic carbocycles. The Hall–Kier alpha value is -3.02. The van der Waals surface area contributed by atoms with Crippen LogP contribution in [0.4, 0.5) is 0 Å². The smallest absolute Gasteiger partial charge is 0.265 e. The molecule has 3 atom stereocenters. The molecule has 0 aromatic heterocycles. The molecule has 27 heavy (non-hydrogen) atoms. The SMILES string of the molecule is C[C@@H]1Oc2ccccc2O[C@H]1C(=O)N[C@H]1CCN(Cc2ccccc2)C1=O. The van der Waals surface area contributed by atoms with Gasteiger partial charge in [-0.1, -0.05) is 42.5 Å². The van der Waals surface area contributed by atoms with E-state index in [-0.39, 0.29) is 11.8 Å². The van der Waals surface area contributed by atoms with Gasteiger partial charge < -0.3 is 19.7 Å². The summed E-state index contributed by atoms with van der Waals surface area (Å²) in [5.74, 6) is 0.785. The zero-order valence-electron chi connectivity index (χ0n) is 15.1. The van der Waals surface area contributed by atoms with Crippen molar-refractivity contribution in [3.05, 3.63) is 60.2 Å². The largest absolute Gasteiger partial charge is 0.482 e. The molecule has 2 aromatic carbocycles. The average Bonchev–Trinajstić information content (AvgIpc) is 3.01. The van der Waals surface area contributed by atoms with Crippen LogP contribution in [0.25, 0.3) is 0 Å². The molecule has 4 rings (SSSR count). The first-order valence-corrected chi connectivity index (χ1v) is 9.17. The fourth-order valence-corrected chi connectivity index (χ4v) is 3.49. The van der Waals surface area contributed by atoms with Crippen molar-refractivity contribution in [2.24, 2.45) is 0 Å². The highest BCUT2D eigenvalue weighted by atomic mass is 16.6. The summed E-state index contributed by atoms with van der Waals surface area (Å²) in [6.45, 7) is 2.97. The lowest BCUT2D eigenvalue weighted by Gasteiger charge is -2.31. The molecule has 0 unspecified atom stereocenters. The highest BCUT2D eigenvalue weighted by molar-refractivity contribution is 5.91. The maximum atomic E-state index is 12.7.